The van der Waals surface area contributed by atoms with Crippen molar-refractivity contribution in [1.29, 1.82) is 0 Å². The smallest absolute Gasteiger partial charge is 0.216 e. The monoisotopic (exact) mass is 578 g/mol. The molecule has 1 heterocycles. The molecule has 0 aliphatic carbocycles. The van der Waals surface area contributed by atoms with Crippen molar-refractivity contribution in [3.05, 3.63) is 53.9 Å². The Morgan fingerprint density at radius 3 is 2.88 bits per heavy atom. The number of H-pyrrole nitrogens is 1. The lowest BCUT2D eigenvalue weighted by molar-refractivity contribution is 0.415. The molecule has 6 nitrogen and oxygen atoms in total. The first-order valence-electron chi connectivity index (χ1n) is 7.04. The van der Waals surface area contributed by atoms with Crippen LogP contribution in [0.5, 0.6) is 11.5 Å². The molecule has 1 aromatic heterocycles. The highest BCUT2D eigenvalue weighted by Crippen LogP contribution is 2.26. The summed E-state index contributed by atoms with van der Waals surface area (Å²) in [5.74, 6) is 1.45. The van der Waals surface area contributed by atoms with Gasteiger partial charge in [-0.25, -0.2) is 5.10 Å². The molecule has 0 amide bonds. The van der Waals surface area contributed by atoms with Gasteiger partial charge in [0.05, 0.1) is 16.9 Å². The number of nitrogens with zero attached hydrogens (tertiary/aromatic N) is 3. The minimum absolute atomic E-state index is 0.183. The second kappa shape index (κ2) is 7.83. The molecule has 3 aromatic rings. The van der Waals surface area contributed by atoms with Crippen molar-refractivity contribution >= 4 is 63.6 Å². The van der Waals surface area contributed by atoms with Gasteiger partial charge in [0.25, 0.3) is 0 Å². The second-order valence-corrected chi connectivity index (χ2v) is 7.76. The van der Waals surface area contributed by atoms with E-state index in [4.69, 9.17) is 17.0 Å². The van der Waals surface area contributed by atoms with Gasteiger partial charge < -0.3 is 9.84 Å². The number of phenols is 1. The first kappa shape index (κ1) is 18.3. The Hall–Kier alpha value is -1.47. The van der Waals surface area contributed by atoms with Crippen LogP contribution in [-0.4, -0.2) is 33.3 Å². The van der Waals surface area contributed by atoms with Gasteiger partial charge in [-0.15, -0.1) is 0 Å². The first-order valence-corrected chi connectivity index (χ1v) is 9.60. The Morgan fingerprint density at radius 1 is 1.32 bits per heavy atom. The van der Waals surface area contributed by atoms with Crippen molar-refractivity contribution in [2.45, 2.75) is 0 Å². The van der Waals surface area contributed by atoms with Crippen LogP contribution in [0.2, 0.25) is 0 Å². The molecule has 3 rings (SSSR count). The van der Waals surface area contributed by atoms with Crippen LogP contribution in [-0.2, 0) is 0 Å². The van der Waals surface area contributed by atoms with Gasteiger partial charge in [-0.2, -0.15) is 14.9 Å². The van der Waals surface area contributed by atoms with Crippen molar-refractivity contribution < 1.29 is 9.84 Å². The predicted molar refractivity (Wildman–Crippen MR) is 116 cm³/mol. The lowest BCUT2D eigenvalue weighted by atomic mass is 10.2. The van der Waals surface area contributed by atoms with Crippen molar-refractivity contribution in [1.82, 2.24) is 14.9 Å². The molecule has 2 N–H and O–H groups in total. The topological polar surface area (TPSA) is 75.4 Å². The fraction of sp³-hybridized carbons (Fsp3) is 0.0625. The SMILES string of the molecule is COc1cccc(-c2n[nH]c(=S)n2N=Cc2cc(I)cc(I)c2O)c1. The van der Waals surface area contributed by atoms with Crippen LogP contribution in [0.3, 0.4) is 0 Å². The van der Waals surface area contributed by atoms with Gasteiger partial charge in [0.15, 0.2) is 5.82 Å². The Morgan fingerprint density at radius 2 is 2.12 bits per heavy atom. The zero-order valence-electron chi connectivity index (χ0n) is 12.9. The van der Waals surface area contributed by atoms with Crippen molar-refractivity contribution in [2.75, 3.05) is 7.11 Å². The summed E-state index contributed by atoms with van der Waals surface area (Å²) in [4.78, 5) is 0. The third-order valence-corrected chi connectivity index (χ3v) is 5.06. The number of benzene rings is 2. The Bertz CT molecular complexity index is 1010. The molecule has 0 saturated carbocycles. The normalized spacial score (nSPS) is 11.2. The van der Waals surface area contributed by atoms with E-state index in [0.29, 0.717) is 21.9 Å². The number of phenolic OH excluding ortho intramolecular Hbond substituents is 1. The fourth-order valence-corrected chi connectivity index (χ4v) is 4.22. The molecule has 0 spiro atoms. The third-order valence-electron chi connectivity index (χ3n) is 3.35. The van der Waals surface area contributed by atoms with Gasteiger partial charge in [0.2, 0.25) is 4.77 Å². The molecule has 25 heavy (non-hydrogen) atoms. The Kier molecular flexibility index (Phi) is 5.74. The zero-order valence-corrected chi connectivity index (χ0v) is 18.0. The lowest BCUT2D eigenvalue weighted by Crippen LogP contribution is -1.96. The van der Waals surface area contributed by atoms with Crippen LogP contribution in [0.4, 0.5) is 0 Å². The Balaban J connectivity index is 2.05. The summed E-state index contributed by atoms with van der Waals surface area (Å²) in [7, 11) is 1.61. The minimum Gasteiger partial charge on any atom is -0.506 e. The number of hydrogen-bond donors (Lipinski definition) is 2. The molecule has 0 unspecified atom stereocenters. The standard InChI is InChI=1S/C16H12I2N4O2S/c1-24-12-4-2-3-9(6-12)15-20-21-16(25)22(15)19-8-10-5-11(17)7-13(18)14(10)23/h2-8,23H,1H3,(H,21,25). The molecule has 9 heteroatoms. The Labute approximate surface area is 176 Å². The number of aromatic nitrogens is 3. The maximum Gasteiger partial charge on any atom is 0.216 e. The summed E-state index contributed by atoms with van der Waals surface area (Å²) in [5.41, 5.74) is 1.42. The predicted octanol–water partition coefficient (Wildman–Crippen LogP) is 4.41. The summed E-state index contributed by atoms with van der Waals surface area (Å²) in [5, 5.41) is 21.6. The van der Waals surface area contributed by atoms with Crippen LogP contribution in [0.1, 0.15) is 5.56 Å². The highest BCUT2D eigenvalue weighted by Gasteiger charge is 2.10. The number of halogens is 2. The van der Waals surface area contributed by atoms with E-state index in [1.54, 1.807) is 13.3 Å². The van der Waals surface area contributed by atoms with Gasteiger partial charge >= 0.3 is 0 Å². The van der Waals surface area contributed by atoms with E-state index >= 15 is 0 Å². The molecule has 0 bridgehead atoms. The zero-order chi connectivity index (χ0) is 18.0. The van der Waals surface area contributed by atoms with Crippen LogP contribution >= 0.6 is 57.4 Å². The summed E-state index contributed by atoms with van der Waals surface area (Å²) in [6, 6.07) is 11.2. The van der Waals surface area contributed by atoms with E-state index in [1.165, 1.54) is 4.68 Å². The number of aromatic hydroxyl groups is 1. The molecule has 0 fully saturated rings. The van der Waals surface area contributed by atoms with E-state index in [0.717, 1.165) is 12.7 Å². The fourth-order valence-electron chi connectivity index (χ4n) is 2.15. The maximum atomic E-state index is 10.2. The van der Waals surface area contributed by atoms with Crippen LogP contribution in [0.25, 0.3) is 11.4 Å². The molecular weight excluding hydrogens is 566 g/mol. The van der Waals surface area contributed by atoms with E-state index in [1.807, 2.05) is 36.4 Å². The molecule has 0 aliphatic rings. The molecule has 0 atom stereocenters. The highest BCUT2D eigenvalue weighted by atomic mass is 127. The van der Waals surface area contributed by atoms with E-state index in [-0.39, 0.29) is 5.75 Å². The number of nitrogens with one attached hydrogen (secondary N) is 1. The molecule has 128 valence electrons. The highest BCUT2D eigenvalue weighted by molar-refractivity contribution is 14.1. The van der Waals surface area contributed by atoms with Crippen LogP contribution in [0, 0.1) is 11.9 Å². The summed E-state index contributed by atoms with van der Waals surface area (Å²) in [6.07, 6.45) is 1.56. The number of ether oxygens (including phenoxy) is 1. The third kappa shape index (κ3) is 4.03. The van der Waals surface area contributed by atoms with Crippen molar-refractivity contribution in [3.8, 4) is 22.9 Å². The van der Waals surface area contributed by atoms with Gasteiger partial charge in [-0.3, -0.25) is 0 Å². The molecular formula is C16H12I2N4O2S. The molecule has 2 aromatic carbocycles. The van der Waals surface area contributed by atoms with Crippen molar-refractivity contribution in [3.63, 3.8) is 0 Å². The lowest BCUT2D eigenvalue weighted by Gasteiger charge is -2.05. The maximum absolute atomic E-state index is 10.2. The second-order valence-electron chi connectivity index (χ2n) is 4.97. The average molecular weight is 578 g/mol. The number of aromatic amines is 1. The summed E-state index contributed by atoms with van der Waals surface area (Å²) in [6.45, 7) is 0. The molecule has 0 aliphatic heterocycles. The van der Waals surface area contributed by atoms with Gasteiger partial charge in [0, 0.05) is 14.7 Å². The first-order chi connectivity index (χ1) is 12.0. The minimum atomic E-state index is 0.183. The van der Waals surface area contributed by atoms with E-state index in [9.17, 15) is 5.11 Å². The van der Waals surface area contributed by atoms with Gasteiger partial charge in [-0.05, 0) is 81.7 Å². The summed E-state index contributed by atoms with van der Waals surface area (Å²) >= 11 is 9.55. The molecule has 0 radical (unpaired) electrons. The van der Waals surface area contributed by atoms with Crippen LogP contribution in [0.15, 0.2) is 41.5 Å². The number of rotatable bonds is 4. The van der Waals surface area contributed by atoms with Crippen molar-refractivity contribution in [2.24, 2.45) is 5.10 Å². The quantitative estimate of drug-likeness (QED) is 0.274. The number of methoxy groups -OCH3 is 1. The van der Waals surface area contributed by atoms with Gasteiger partial charge in [0.1, 0.15) is 11.5 Å². The number of hydrogen-bond acceptors (Lipinski definition) is 5. The van der Waals surface area contributed by atoms with Gasteiger partial charge in [-0.1, -0.05) is 12.1 Å². The van der Waals surface area contributed by atoms with E-state index in [2.05, 4.69) is 60.5 Å². The summed E-state index contributed by atoms with van der Waals surface area (Å²) < 4.78 is 8.88. The average Bonchev–Trinajstić information content (AvgIpc) is 2.97. The van der Waals surface area contributed by atoms with Crippen LogP contribution < -0.4 is 4.74 Å². The largest absolute Gasteiger partial charge is 0.506 e. The van der Waals surface area contributed by atoms with E-state index < -0.39 is 0 Å². The molecule has 0 saturated heterocycles.